The maximum atomic E-state index is 12.3. The van der Waals surface area contributed by atoms with E-state index in [1.165, 1.54) is 11.3 Å². The SMILES string of the molecule is CCc1sc(NC(=O)CCNS(=O)(=O)c2ccc(C)cc2)nc1-c1ccccc1. The molecule has 1 aromatic heterocycles. The Kier molecular flexibility index (Phi) is 6.79. The van der Waals surface area contributed by atoms with Gasteiger partial charge < -0.3 is 5.32 Å². The summed E-state index contributed by atoms with van der Waals surface area (Å²) in [5.74, 6) is -0.285. The second-order valence-electron chi connectivity index (χ2n) is 6.52. The summed E-state index contributed by atoms with van der Waals surface area (Å²) >= 11 is 1.44. The molecule has 0 saturated carbocycles. The van der Waals surface area contributed by atoms with Crippen LogP contribution in [0.2, 0.25) is 0 Å². The molecule has 3 rings (SSSR count). The normalized spacial score (nSPS) is 11.4. The van der Waals surface area contributed by atoms with Gasteiger partial charge in [0.15, 0.2) is 5.13 Å². The van der Waals surface area contributed by atoms with Gasteiger partial charge in [0.25, 0.3) is 0 Å². The molecule has 3 aromatic rings. The second kappa shape index (κ2) is 9.30. The average molecular weight is 430 g/mol. The summed E-state index contributed by atoms with van der Waals surface area (Å²) in [7, 11) is -3.63. The molecule has 0 aliphatic heterocycles. The van der Waals surface area contributed by atoms with Crippen LogP contribution in [0.3, 0.4) is 0 Å². The number of rotatable bonds is 8. The highest BCUT2D eigenvalue weighted by Crippen LogP contribution is 2.31. The number of carbonyl (C=O) groups excluding carboxylic acids is 1. The van der Waals surface area contributed by atoms with Crippen LogP contribution in [-0.4, -0.2) is 25.9 Å². The Morgan fingerprint density at radius 2 is 1.76 bits per heavy atom. The van der Waals surface area contributed by atoms with Crippen molar-refractivity contribution in [2.24, 2.45) is 0 Å². The molecule has 1 heterocycles. The van der Waals surface area contributed by atoms with Gasteiger partial charge in [-0.3, -0.25) is 4.79 Å². The van der Waals surface area contributed by atoms with Crippen molar-refractivity contribution in [1.29, 1.82) is 0 Å². The molecule has 152 valence electrons. The summed E-state index contributed by atoms with van der Waals surface area (Å²) in [6.07, 6.45) is 0.834. The number of benzene rings is 2. The molecule has 0 radical (unpaired) electrons. The van der Waals surface area contributed by atoms with Crippen LogP contribution in [0.5, 0.6) is 0 Å². The van der Waals surface area contributed by atoms with Crippen LogP contribution >= 0.6 is 11.3 Å². The van der Waals surface area contributed by atoms with Crippen LogP contribution in [0.1, 0.15) is 23.8 Å². The predicted octanol–water partition coefficient (Wildman–Crippen LogP) is 3.99. The zero-order valence-corrected chi connectivity index (χ0v) is 17.9. The van der Waals surface area contributed by atoms with Gasteiger partial charge in [-0.1, -0.05) is 55.0 Å². The fourth-order valence-corrected chi connectivity index (χ4v) is 4.72. The highest BCUT2D eigenvalue weighted by Gasteiger charge is 2.16. The van der Waals surface area contributed by atoms with Crippen molar-refractivity contribution in [3.8, 4) is 11.3 Å². The Labute approximate surface area is 175 Å². The molecule has 0 aliphatic carbocycles. The Balaban J connectivity index is 1.58. The summed E-state index contributed by atoms with van der Waals surface area (Å²) in [6.45, 7) is 3.95. The van der Waals surface area contributed by atoms with Crippen LogP contribution in [0.15, 0.2) is 59.5 Å². The van der Waals surface area contributed by atoms with E-state index in [2.05, 4.69) is 15.0 Å². The predicted molar refractivity (Wildman–Crippen MR) is 117 cm³/mol. The van der Waals surface area contributed by atoms with Crippen molar-refractivity contribution in [2.75, 3.05) is 11.9 Å². The van der Waals surface area contributed by atoms with Gasteiger partial charge in [-0.25, -0.2) is 18.1 Å². The lowest BCUT2D eigenvalue weighted by Gasteiger charge is -2.07. The fraction of sp³-hybridized carbons (Fsp3) is 0.238. The second-order valence-corrected chi connectivity index (χ2v) is 9.37. The molecule has 2 aromatic carbocycles. The number of thiazole rings is 1. The van der Waals surface area contributed by atoms with Crippen molar-refractivity contribution in [2.45, 2.75) is 31.6 Å². The summed E-state index contributed by atoms with van der Waals surface area (Å²) < 4.78 is 27.0. The van der Waals surface area contributed by atoms with Crippen LogP contribution < -0.4 is 10.0 Å². The van der Waals surface area contributed by atoms with Gasteiger partial charge in [0.1, 0.15) is 0 Å². The molecule has 2 N–H and O–H groups in total. The number of hydrogen-bond donors (Lipinski definition) is 2. The molecule has 6 nitrogen and oxygen atoms in total. The highest BCUT2D eigenvalue weighted by atomic mass is 32.2. The smallest absolute Gasteiger partial charge is 0.240 e. The number of sulfonamides is 1. The monoisotopic (exact) mass is 429 g/mol. The quantitative estimate of drug-likeness (QED) is 0.567. The number of anilines is 1. The third kappa shape index (κ3) is 5.50. The van der Waals surface area contributed by atoms with Crippen molar-refractivity contribution in [1.82, 2.24) is 9.71 Å². The Hall–Kier alpha value is -2.55. The Bertz CT molecular complexity index is 1080. The van der Waals surface area contributed by atoms with E-state index in [1.54, 1.807) is 24.3 Å². The Morgan fingerprint density at radius 1 is 1.07 bits per heavy atom. The molecule has 0 bridgehead atoms. The summed E-state index contributed by atoms with van der Waals surface area (Å²) in [6, 6.07) is 16.4. The van der Waals surface area contributed by atoms with E-state index >= 15 is 0 Å². The minimum atomic E-state index is -3.63. The van der Waals surface area contributed by atoms with Crippen molar-refractivity contribution in [3.05, 3.63) is 65.0 Å². The maximum Gasteiger partial charge on any atom is 0.240 e. The number of hydrogen-bond acceptors (Lipinski definition) is 5. The lowest BCUT2D eigenvalue weighted by atomic mass is 10.1. The number of amides is 1. The number of nitrogens with one attached hydrogen (secondary N) is 2. The van der Waals surface area contributed by atoms with Gasteiger partial charge in [-0.05, 0) is 25.5 Å². The van der Waals surface area contributed by atoms with E-state index in [0.717, 1.165) is 28.1 Å². The third-order valence-electron chi connectivity index (χ3n) is 4.29. The first-order chi connectivity index (χ1) is 13.9. The van der Waals surface area contributed by atoms with E-state index in [-0.39, 0.29) is 23.8 Å². The van der Waals surface area contributed by atoms with Crippen molar-refractivity contribution < 1.29 is 13.2 Å². The Morgan fingerprint density at radius 3 is 2.41 bits per heavy atom. The standard InChI is InChI=1S/C21H23N3O3S2/c1-3-18-20(16-7-5-4-6-8-16)24-21(28-18)23-19(25)13-14-22-29(26,27)17-11-9-15(2)10-12-17/h4-12,22H,3,13-14H2,1-2H3,(H,23,24,25). The van der Waals surface area contributed by atoms with Gasteiger partial charge in [-0.15, -0.1) is 11.3 Å². The molecular weight excluding hydrogens is 406 g/mol. The fourth-order valence-electron chi connectivity index (χ4n) is 2.75. The molecule has 0 spiro atoms. The van der Waals surface area contributed by atoms with E-state index in [4.69, 9.17) is 0 Å². The lowest BCUT2D eigenvalue weighted by Crippen LogP contribution is -2.27. The van der Waals surface area contributed by atoms with Crippen molar-refractivity contribution in [3.63, 3.8) is 0 Å². The number of nitrogens with zero attached hydrogens (tertiary/aromatic N) is 1. The number of carbonyl (C=O) groups is 1. The topological polar surface area (TPSA) is 88.2 Å². The van der Waals surface area contributed by atoms with Crippen LogP contribution in [0.25, 0.3) is 11.3 Å². The molecule has 29 heavy (non-hydrogen) atoms. The molecule has 0 aliphatic rings. The molecule has 0 atom stereocenters. The van der Waals surface area contributed by atoms with E-state index in [0.29, 0.717) is 5.13 Å². The third-order valence-corrected chi connectivity index (χ3v) is 6.88. The number of aryl methyl sites for hydroxylation is 2. The van der Waals surface area contributed by atoms with E-state index < -0.39 is 10.0 Å². The van der Waals surface area contributed by atoms with Gasteiger partial charge in [-0.2, -0.15) is 0 Å². The van der Waals surface area contributed by atoms with Gasteiger partial charge in [0, 0.05) is 23.4 Å². The molecule has 0 unspecified atom stereocenters. The zero-order valence-electron chi connectivity index (χ0n) is 16.3. The number of aromatic nitrogens is 1. The summed E-state index contributed by atoms with van der Waals surface area (Å²) in [5, 5.41) is 3.29. The summed E-state index contributed by atoms with van der Waals surface area (Å²) in [5.41, 5.74) is 2.86. The van der Waals surface area contributed by atoms with Gasteiger partial charge in [0.05, 0.1) is 10.6 Å². The molecule has 8 heteroatoms. The average Bonchev–Trinajstić information content (AvgIpc) is 3.11. The van der Waals surface area contributed by atoms with E-state index in [9.17, 15) is 13.2 Å². The minimum Gasteiger partial charge on any atom is -0.302 e. The zero-order chi connectivity index (χ0) is 20.9. The first kappa shape index (κ1) is 21.2. The van der Waals surface area contributed by atoms with Crippen LogP contribution in [-0.2, 0) is 21.2 Å². The van der Waals surface area contributed by atoms with Gasteiger partial charge in [0.2, 0.25) is 15.9 Å². The van der Waals surface area contributed by atoms with Crippen LogP contribution in [0, 0.1) is 6.92 Å². The molecular formula is C21H23N3O3S2. The minimum absolute atomic E-state index is 0.0135. The summed E-state index contributed by atoms with van der Waals surface area (Å²) in [4.78, 5) is 18.1. The maximum absolute atomic E-state index is 12.3. The molecule has 1 amide bonds. The van der Waals surface area contributed by atoms with Gasteiger partial charge >= 0.3 is 0 Å². The molecule has 0 saturated heterocycles. The van der Waals surface area contributed by atoms with Crippen molar-refractivity contribution >= 4 is 32.4 Å². The first-order valence-corrected chi connectivity index (χ1v) is 11.6. The lowest BCUT2D eigenvalue weighted by molar-refractivity contribution is -0.116. The molecule has 0 fully saturated rings. The highest BCUT2D eigenvalue weighted by molar-refractivity contribution is 7.89. The van der Waals surface area contributed by atoms with E-state index in [1.807, 2.05) is 44.2 Å². The first-order valence-electron chi connectivity index (χ1n) is 9.30. The largest absolute Gasteiger partial charge is 0.302 e. The van der Waals surface area contributed by atoms with Crippen LogP contribution in [0.4, 0.5) is 5.13 Å².